The molecule has 1 rings (SSSR count). The number of aliphatic hydroxyl groups excluding tert-OH is 1. The summed E-state index contributed by atoms with van der Waals surface area (Å²) in [6, 6.07) is 0. The first-order valence-electron chi connectivity index (χ1n) is 6.56. The van der Waals surface area contributed by atoms with Crippen molar-refractivity contribution >= 4 is 10.0 Å². The highest BCUT2D eigenvalue weighted by atomic mass is 32.2. The van der Waals surface area contributed by atoms with Gasteiger partial charge in [0.05, 0.1) is 11.9 Å². The summed E-state index contributed by atoms with van der Waals surface area (Å²) in [7, 11) is -3.16. The summed E-state index contributed by atoms with van der Waals surface area (Å²) < 4.78 is 26.0. The van der Waals surface area contributed by atoms with Gasteiger partial charge in [0.25, 0.3) is 0 Å². The summed E-state index contributed by atoms with van der Waals surface area (Å²) in [5, 5.41) is 9.75. The Morgan fingerprint density at radius 2 is 1.94 bits per heavy atom. The van der Waals surface area contributed by atoms with Crippen LogP contribution in [0.15, 0.2) is 0 Å². The van der Waals surface area contributed by atoms with E-state index in [0.29, 0.717) is 18.9 Å². The van der Waals surface area contributed by atoms with E-state index >= 15 is 0 Å². The fourth-order valence-corrected chi connectivity index (χ4v) is 3.52. The van der Waals surface area contributed by atoms with E-state index in [2.05, 4.69) is 4.72 Å². The van der Waals surface area contributed by atoms with Gasteiger partial charge in [-0.3, -0.25) is 0 Å². The van der Waals surface area contributed by atoms with Gasteiger partial charge < -0.3 is 5.11 Å². The van der Waals surface area contributed by atoms with Gasteiger partial charge in [0, 0.05) is 6.54 Å². The second kappa shape index (κ2) is 6.71. The molecule has 0 saturated heterocycles. The first-order valence-corrected chi connectivity index (χ1v) is 8.21. The van der Waals surface area contributed by atoms with Gasteiger partial charge in [-0.25, -0.2) is 13.1 Å². The smallest absolute Gasteiger partial charge is 0.211 e. The van der Waals surface area contributed by atoms with Crippen molar-refractivity contribution in [2.45, 2.75) is 52.1 Å². The molecule has 102 valence electrons. The van der Waals surface area contributed by atoms with Crippen molar-refractivity contribution in [3.05, 3.63) is 0 Å². The Labute approximate surface area is 105 Å². The molecule has 4 nitrogen and oxygen atoms in total. The lowest BCUT2D eigenvalue weighted by molar-refractivity contribution is 0.0724. The van der Waals surface area contributed by atoms with Crippen LogP contribution in [-0.2, 0) is 10.0 Å². The lowest BCUT2D eigenvalue weighted by atomic mass is 9.87. The standard InChI is InChI=1S/C12H25NO3S/c1-10(2)7-8-17(15,16)13-9-11-5-3-4-6-12(11)14/h10-14H,3-9H2,1-2H3. The van der Waals surface area contributed by atoms with Crippen LogP contribution in [0.25, 0.3) is 0 Å². The van der Waals surface area contributed by atoms with Gasteiger partial charge >= 0.3 is 0 Å². The highest BCUT2D eigenvalue weighted by Crippen LogP contribution is 2.23. The van der Waals surface area contributed by atoms with Gasteiger partial charge in [-0.15, -0.1) is 0 Å². The van der Waals surface area contributed by atoms with Crippen molar-refractivity contribution < 1.29 is 13.5 Å². The molecule has 0 radical (unpaired) electrons. The minimum atomic E-state index is -3.16. The number of aliphatic hydroxyl groups is 1. The van der Waals surface area contributed by atoms with Crippen LogP contribution < -0.4 is 4.72 Å². The lowest BCUT2D eigenvalue weighted by Crippen LogP contribution is -2.37. The van der Waals surface area contributed by atoms with Gasteiger partial charge in [-0.2, -0.15) is 0 Å². The molecule has 1 saturated carbocycles. The fourth-order valence-electron chi connectivity index (χ4n) is 2.12. The van der Waals surface area contributed by atoms with Crippen molar-refractivity contribution in [1.29, 1.82) is 0 Å². The normalized spacial score (nSPS) is 26.4. The Morgan fingerprint density at radius 3 is 2.53 bits per heavy atom. The highest BCUT2D eigenvalue weighted by Gasteiger charge is 2.24. The Bertz CT molecular complexity index is 314. The Hall–Kier alpha value is -0.130. The van der Waals surface area contributed by atoms with Crippen LogP contribution in [-0.4, -0.2) is 31.9 Å². The second-order valence-electron chi connectivity index (χ2n) is 5.46. The minimum Gasteiger partial charge on any atom is -0.393 e. The molecule has 2 N–H and O–H groups in total. The van der Waals surface area contributed by atoms with Gasteiger partial charge in [0.15, 0.2) is 0 Å². The zero-order valence-electron chi connectivity index (χ0n) is 10.9. The third kappa shape index (κ3) is 5.84. The second-order valence-corrected chi connectivity index (χ2v) is 7.39. The van der Waals surface area contributed by atoms with Crippen LogP contribution in [0.5, 0.6) is 0 Å². The Kier molecular flexibility index (Phi) is 5.89. The van der Waals surface area contributed by atoms with E-state index in [1.165, 1.54) is 0 Å². The van der Waals surface area contributed by atoms with Crippen LogP contribution >= 0.6 is 0 Å². The molecule has 0 spiro atoms. The molecular weight excluding hydrogens is 238 g/mol. The number of sulfonamides is 1. The minimum absolute atomic E-state index is 0.0950. The molecule has 0 amide bonds. The third-order valence-electron chi connectivity index (χ3n) is 3.40. The SMILES string of the molecule is CC(C)CCS(=O)(=O)NCC1CCCCC1O. The van der Waals surface area contributed by atoms with Gasteiger partial charge in [-0.1, -0.05) is 26.7 Å². The van der Waals surface area contributed by atoms with Crippen molar-refractivity contribution in [2.24, 2.45) is 11.8 Å². The topological polar surface area (TPSA) is 66.4 Å². The van der Waals surface area contributed by atoms with Crippen molar-refractivity contribution in [2.75, 3.05) is 12.3 Å². The van der Waals surface area contributed by atoms with E-state index in [1.807, 2.05) is 13.8 Å². The highest BCUT2D eigenvalue weighted by molar-refractivity contribution is 7.89. The van der Waals surface area contributed by atoms with Crippen molar-refractivity contribution in [3.63, 3.8) is 0 Å². The van der Waals surface area contributed by atoms with Gasteiger partial charge in [-0.05, 0) is 31.1 Å². The van der Waals surface area contributed by atoms with Crippen LogP contribution in [0.4, 0.5) is 0 Å². The van der Waals surface area contributed by atoms with E-state index in [4.69, 9.17) is 0 Å². The van der Waals surface area contributed by atoms with Crippen LogP contribution in [0.1, 0.15) is 46.0 Å². The molecule has 2 atom stereocenters. The zero-order valence-corrected chi connectivity index (χ0v) is 11.7. The average Bonchev–Trinajstić information content (AvgIpc) is 2.26. The molecular formula is C12H25NO3S. The maximum atomic E-state index is 11.7. The quantitative estimate of drug-likeness (QED) is 0.763. The third-order valence-corrected chi connectivity index (χ3v) is 4.78. The summed E-state index contributed by atoms with van der Waals surface area (Å²) in [4.78, 5) is 0. The summed E-state index contributed by atoms with van der Waals surface area (Å²) in [5.41, 5.74) is 0. The maximum absolute atomic E-state index is 11.7. The molecule has 5 heteroatoms. The summed E-state index contributed by atoms with van der Waals surface area (Å²) in [6.45, 7) is 4.42. The average molecular weight is 263 g/mol. The number of hydrogen-bond donors (Lipinski definition) is 2. The molecule has 2 unspecified atom stereocenters. The molecule has 17 heavy (non-hydrogen) atoms. The lowest BCUT2D eigenvalue weighted by Gasteiger charge is -2.27. The van der Waals surface area contributed by atoms with E-state index in [1.54, 1.807) is 0 Å². The van der Waals surface area contributed by atoms with E-state index in [9.17, 15) is 13.5 Å². The molecule has 0 aliphatic heterocycles. The van der Waals surface area contributed by atoms with Crippen molar-refractivity contribution in [1.82, 2.24) is 4.72 Å². The van der Waals surface area contributed by atoms with Gasteiger partial charge in [0.1, 0.15) is 0 Å². The van der Waals surface area contributed by atoms with E-state index in [0.717, 1.165) is 25.7 Å². The summed E-state index contributed by atoms with van der Waals surface area (Å²) >= 11 is 0. The molecule has 0 bridgehead atoms. The molecule has 0 aromatic rings. The first-order chi connectivity index (χ1) is 7.91. The monoisotopic (exact) mass is 263 g/mol. The van der Waals surface area contributed by atoms with Crippen LogP contribution in [0.2, 0.25) is 0 Å². The fraction of sp³-hybridized carbons (Fsp3) is 1.00. The van der Waals surface area contributed by atoms with Crippen LogP contribution in [0.3, 0.4) is 0 Å². The summed E-state index contributed by atoms with van der Waals surface area (Å²) in [6.07, 6.45) is 4.22. The predicted molar refractivity (Wildman–Crippen MR) is 69.2 cm³/mol. The number of hydrogen-bond acceptors (Lipinski definition) is 3. The molecule has 1 aliphatic carbocycles. The van der Waals surface area contributed by atoms with E-state index in [-0.39, 0.29) is 17.8 Å². The summed E-state index contributed by atoms with van der Waals surface area (Å²) in [5.74, 6) is 0.678. The van der Waals surface area contributed by atoms with Crippen molar-refractivity contribution in [3.8, 4) is 0 Å². The van der Waals surface area contributed by atoms with Gasteiger partial charge in [0.2, 0.25) is 10.0 Å². The molecule has 0 aromatic carbocycles. The molecule has 0 heterocycles. The maximum Gasteiger partial charge on any atom is 0.211 e. The molecule has 1 fully saturated rings. The Balaban J connectivity index is 2.33. The molecule has 1 aliphatic rings. The van der Waals surface area contributed by atoms with Crippen LogP contribution in [0, 0.1) is 11.8 Å². The first kappa shape index (κ1) is 14.9. The Morgan fingerprint density at radius 1 is 1.29 bits per heavy atom. The zero-order chi connectivity index (χ0) is 12.9. The number of rotatable bonds is 6. The van der Waals surface area contributed by atoms with E-state index < -0.39 is 10.0 Å². The predicted octanol–water partition coefficient (Wildman–Crippen LogP) is 1.50. The number of nitrogens with one attached hydrogen (secondary N) is 1. The molecule has 0 aromatic heterocycles. The largest absolute Gasteiger partial charge is 0.393 e.